The number of nitrogens with zero attached hydrogens (tertiary/aromatic N) is 5. The van der Waals surface area contributed by atoms with Crippen molar-refractivity contribution < 1.29 is 27.4 Å². The molecule has 12 heteroatoms. The number of anilines is 1. The summed E-state index contributed by atoms with van der Waals surface area (Å²) in [7, 11) is 1.30. The van der Waals surface area contributed by atoms with Gasteiger partial charge in [0.2, 0.25) is 0 Å². The molecule has 33 heavy (non-hydrogen) atoms. The van der Waals surface area contributed by atoms with Crippen molar-refractivity contribution >= 4 is 11.6 Å². The highest BCUT2D eigenvalue weighted by molar-refractivity contribution is 6.07. The fourth-order valence-electron chi connectivity index (χ4n) is 2.80. The molecule has 0 aliphatic carbocycles. The number of nitrogens with one attached hydrogen (secondary N) is 1. The summed E-state index contributed by atoms with van der Waals surface area (Å²) in [4.78, 5) is 16.8. The maximum absolute atomic E-state index is 13.4. The van der Waals surface area contributed by atoms with E-state index in [9.17, 15) is 18.0 Å². The molecule has 0 fully saturated rings. The van der Waals surface area contributed by atoms with Crippen LogP contribution in [0.4, 0.5) is 18.9 Å². The van der Waals surface area contributed by atoms with Crippen LogP contribution in [-0.4, -0.2) is 28.2 Å². The van der Waals surface area contributed by atoms with Gasteiger partial charge < -0.3 is 14.8 Å². The lowest BCUT2D eigenvalue weighted by atomic mass is 10.1. The van der Waals surface area contributed by atoms with Gasteiger partial charge >= 0.3 is 6.18 Å². The number of amides is 1. The van der Waals surface area contributed by atoms with Gasteiger partial charge in [0.1, 0.15) is 11.6 Å². The van der Waals surface area contributed by atoms with Crippen molar-refractivity contribution in [1.82, 2.24) is 15.2 Å². The summed E-state index contributed by atoms with van der Waals surface area (Å²) >= 11 is 0. The number of carbonyl (C=O) groups is 1. The Balaban J connectivity index is 2.09. The maximum atomic E-state index is 13.4. The zero-order valence-electron chi connectivity index (χ0n) is 17.1. The Bertz CT molecular complexity index is 1310. The third-order valence-electron chi connectivity index (χ3n) is 4.31. The number of nitriles is 2. The quantitative estimate of drug-likeness (QED) is 0.612. The van der Waals surface area contributed by atoms with Crippen LogP contribution in [0.25, 0.3) is 0 Å². The first kappa shape index (κ1) is 23.0. The molecule has 9 nitrogen and oxygen atoms in total. The van der Waals surface area contributed by atoms with Crippen molar-refractivity contribution in [3.05, 3.63) is 64.6 Å². The Labute approximate surface area is 185 Å². The van der Waals surface area contributed by atoms with Gasteiger partial charge in [0.25, 0.3) is 11.8 Å². The topological polar surface area (TPSA) is 134 Å². The average molecular weight is 454 g/mol. The van der Waals surface area contributed by atoms with E-state index in [4.69, 9.17) is 20.0 Å². The number of halogens is 3. The van der Waals surface area contributed by atoms with Crippen molar-refractivity contribution in [2.45, 2.75) is 13.1 Å². The zero-order valence-corrected chi connectivity index (χ0v) is 17.1. The highest BCUT2D eigenvalue weighted by Crippen LogP contribution is 2.37. The Hall–Kier alpha value is -4.71. The molecular formula is C21H13F3N6O3. The van der Waals surface area contributed by atoms with Gasteiger partial charge in [-0.2, -0.15) is 23.7 Å². The van der Waals surface area contributed by atoms with E-state index < -0.39 is 34.8 Å². The van der Waals surface area contributed by atoms with Crippen LogP contribution >= 0.6 is 0 Å². The lowest BCUT2D eigenvalue weighted by Gasteiger charge is -2.16. The van der Waals surface area contributed by atoms with E-state index in [2.05, 4.69) is 20.5 Å². The number of benzene rings is 1. The van der Waals surface area contributed by atoms with E-state index in [0.717, 1.165) is 6.92 Å². The maximum Gasteiger partial charge on any atom is 0.435 e. The van der Waals surface area contributed by atoms with Gasteiger partial charge in [-0.3, -0.25) is 9.78 Å². The molecule has 0 saturated heterocycles. The number of aromatic nitrogens is 3. The SMILES string of the molecule is COc1cc(C#N)ccc1Oc1nnc(C(F)(F)F)c(C)c1C(=O)Nc1cncc(C#N)c1. The van der Waals surface area contributed by atoms with Crippen LogP contribution in [0.3, 0.4) is 0 Å². The molecule has 0 aliphatic heterocycles. The van der Waals surface area contributed by atoms with E-state index in [1.54, 1.807) is 0 Å². The molecule has 1 aromatic carbocycles. The number of alkyl halides is 3. The van der Waals surface area contributed by atoms with Crippen molar-refractivity contribution in [1.29, 1.82) is 10.5 Å². The van der Waals surface area contributed by atoms with E-state index >= 15 is 0 Å². The first-order valence-corrected chi connectivity index (χ1v) is 9.05. The van der Waals surface area contributed by atoms with Crippen LogP contribution in [0.1, 0.15) is 32.7 Å². The molecule has 0 unspecified atom stereocenters. The summed E-state index contributed by atoms with van der Waals surface area (Å²) in [5.74, 6) is -1.43. The predicted molar refractivity (Wildman–Crippen MR) is 106 cm³/mol. The van der Waals surface area contributed by atoms with Gasteiger partial charge in [0, 0.05) is 12.3 Å². The molecular weight excluding hydrogens is 441 g/mol. The molecule has 0 radical (unpaired) electrons. The fourth-order valence-corrected chi connectivity index (χ4v) is 2.80. The first-order chi connectivity index (χ1) is 15.7. The minimum Gasteiger partial charge on any atom is -0.493 e. The van der Waals surface area contributed by atoms with Crippen LogP contribution in [0.5, 0.6) is 17.4 Å². The fraction of sp³-hybridized carbons (Fsp3) is 0.143. The Kier molecular flexibility index (Phi) is 6.40. The molecule has 3 rings (SSSR count). The predicted octanol–water partition coefficient (Wildman–Crippen LogP) is 4.00. The summed E-state index contributed by atoms with van der Waals surface area (Å²) in [6.07, 6.45) is -2.40. The minimum atomic E-state index is -4.88. The van der Waals surface area contributed by atoms with Crippen LogP contribution in [0.2, 0.25) is 0 Å². The zero-order chi connectivity index (χ0) is 24.2. The standard InChI is InChI=1S/C21H13F3N6O3/c1-11-17(19(31)28-14-5-13(8-26)9-27-10-14)20(30-29-18(11)21(22,23)24)33-15-4-3-12(7-25)6-16(15)32-2/h3-6,9-10H,1-2H3,(H,28,31). The van der Waals surface area contributed by atoms with E-state index in [1.807, 2.05) is 12.1 Å². The molecule has 2 heterocycles. The van der Waals surface area contributed by atoms with Crippen LogP contribution < -0.4 is 14.8 Å². The summed E-state index contributed by atoms with van der Waals surface area (Å²) in [6, 6.07) is 9.12. The lowest BCUT2D eigenvalue weighted by Crippen LogP contribution is -2.21. The Morgan fingerprint density at radius 2 is 1.79 bits per heavy atom. The normalized spacial score (nSPS) is 10.6. The molecule has 2 aromatic heterocycles. The molecule has 0 saturated carbocycles. The highest BCUT2D eigenvalue weighted by Gasteiger charge is 2.38. The average Bonchev–Trinajstić information content (AvgIpc) is 2.78. The molecule has 0 atom stereocenters. The van der Waals surface area contributed by atoms with Crippen molar-refractivity contribution in [2.24, 2.45) is 0 Å². The van der Waals surface area contributed by atoms with Crippen LogP contribution in [0.15, 0.2) is 36.7 Å². The lowest BCUT2D eigenvalue weighted by molar-refractivity contribution is -0.142. The van der Waals surface area contributed by atoms with Gasteiger partial charge in [-0.15, -0.1) is 10.2 Å². The number of rotatable bonds is 5. The van der Waals surface area contributed by atoms with Crippen molar-refractivity contribution in [3.8, 4) is 29.5 Å². The molecule has 1 amide bonds. The smallest absolute Gasteiger partial charge is 0.435 e. The van der Waals surface area contributed by atoms with Gasteiger partial charge in [-0.05, 0) is 30.7 Å². The van der Waals surface area contributed by atoms with Gasteiger partial charge in [0.15, 0.2) is 17.2 Å². The molecule has 1 N–H and O–H groups in total. The van der Waals surface area contributed by atoms with Gasteiger partial charge in [0.05, 0.1) is 36.2 Å². The number of pyridine rings is 1. The summed E-state index contributed by atoms with van der Waals surface area (Å²) in [5.41, 5.74) is -1.97. The van der Waals surface area contributed by atoms with Gasteiger partial charge in [-0.25, -0.2) is 0 Å². The minimum absolute atomic E-state index is 0.00727. The molecule has 0 bridgehead atoms. The third kappa shape index (κ3) is 4.97. The number of methoxy groups -OCH3 is 1. The molecule has 0 spiro atoms. The Morgan fingerprint density at radius 1 is 1.06 bits per heavy atom. The Morgan fingerprint density at radius 3 is 2.42 bits per heavy atom. The molecule has 166 valence electrons. The van der Waals surface area contributed by atoms with Gasteiger partial charge in [-0.1, -0.05) is 0 Å². The summed E-state index contributed by atoms with van der Waals surface area (Å²) in [5, 5.41) is 27.0. The second-order valence-corrected chi connectivity index (χ2v) is 6.46. The molecule has 3 aromatic rings. The van der Waals surface area contributed by atoms with Crippen molar-refractivity contribution in [2.75, 3.05) is 12.4 Å². The third-order valence-corrected chi connectivity index (χ3v) is 4.31. The van der Waals surface area contributed by atoms with Crippen molar-refractivity contribution in [3.63, 3.8) is 0 Å². The summed E-state index contributed by atoms with van der Waals surface area (Å²) < 4.78 is 50.9. The second-order valence-electron chi connectivity index (χ2n) is 6.46. The van der Waals surface area contributed by atoms with E-state index in [-0.39, 0.29) is 28.3 Å². The number of hydrogen-bond donors (Lipinski definition) is 1. The van der Waals surface area contributed by atoms with Crippen LogP contribution in [0, 0.1) is 29.6 Å². The second kappa shape index (κ2) is 9.20. The van der Waals surface area contributed by atoms with E-state index in [0.29, 0.717) is 0 Å². The molecule has 0 aliphatic rings. The monoisotopic (exact) mass is 454 g/mol. The first-order valence-electron chi connectivity index (χ1n) is 9.05. The summed E-state index contributed by atoms with van der Waals surface area (Å²) in [6.45, 7) is 1.05. The number of carbonyl (C=O) groups excluding carboxylic acids is 1. The number of hydrogen-bond acceptors (Lipinski definition) is 8. The number of ether oxygens (including phenoxy) is 2. The van der Waals surface area contributed by atoms with Crippen LogP contribution in [-0.2, 0) is 6.18 Å². The highest BCUT2D eigenvalue weighted by atomic mass is 19.4. The van der Waals surface area contributed by atoms with E-state index in [1.165, 1.54) is 43.8 Å². The largest absolute Gasteiger partial charge is 0.493 e.